The van der Waals surface area contributed by atoms with Gasteiger partial charge in [0.15, 0.2) is 0 Å². The molecule has 0 aliphatic heterocycles. The largest absolute Gasteiger partial charge is 0.399 e. The summed E-state index contributed by atoms with van der Waals surface area (Å²) in [6.07, 6.45) is 3.71. The van der Waals surface area contributed by atoms with Crippen LogP contribution in [-0.4, -0.2) is 25.7 Å². The van der Waals surface area contributed by atoms with Gasteiger partial charge in [0, 0.05) is 11.7 Å². The molecule has 0 saturated heterocycles. The van der Waals surface area contributed by atoms with E-state index < -0.39 is 16.1 Å². The minimum atomic E-state index is -3.47. The van der Waals surface area contributed by atoms with Crippen LogP contribution in [0, 0.1) is 0 Å². The zero-order chi connectivity index (χ0) is 14.6. The van der Waals surface area contributed by atoms with Gasteiger partial charge in [-0.25, -0.2) is 13.1 Å². The summed E-state index contributed by atoms with van der Waals surface area (Å²) >= 11 is 0. The molecule has 5 nitrogen and oxygen atoms in total. The molecule has 112 valence electrons. The van der Waals surface area contributed by atoms with Crippen molar-refractivity contribution in [3.8, 4) is 0 Å². The predicted octanol–water partition coefficient (Wildman–Crippen LogP) is 1.38. The first kappa shape index (κ1) is 15.3. The summed E-state index contributed by atoms with van der Waals surface area (Å²) in [5, 5.41) is 9.98. The van der Waals surface area contributed by atoms with Gasteiger partial charge in [0.2, 0.25) is 10.0 Å². The van der Waals surface area contributed by atoms with Crippen LogP contribution in [0.3, 0.4) is 0 Å². The van der Waals surface area contributed by atoms with Crippen molar-refractivity contribution in [3.63, 3.8) is 0 Å². The van der Waals surface area contributed by atoms with Crippen LogP contribution in [0.2, 0.25) is 0 Å². The van der Waals surface area contributed by atoms with Crippen LogP contribution in [0.1, 0.15) is 37.7 Å². The highest BCUT2D eigenvalue weighted by molar-refractivity contribution is 7.88. The molecule has 0 aromatic heterocycles. The van der Waals surface area contributed by atoms with Crippen molar-refractivity contribution in [2.24, 2.45) is 0 Å². The number of aliphatic hydroxyl groups excluding tert-OH is 1. The lowest BCUT2D eigenvalue weighted by molar-refractivity contribution is 0.130. The SMILES string of the molecule is Nc1cccc(CS(=O)(=O)NC2CCCCCC2O)c1. The van der Waals surface area contributed by atoms with Crippen molar-refractivity contribution in [1.29, 1.82) is 0 Å². The molecule has 0 bridgehead atoms. The van der Waals surface area contributed by atoms with E-state index in [1.165, 1.54) is 0 Å². The summed E-state index contributed by atoms with van der Waals surface area (Å²) in [5.41, 5.74) is 6.85. The Labute approximate surface area is 120 Å². The second kappa shape index (κ2) is 6.56. The molecule has 0 spiro atoms. The van der Waals surface area contributed by atoms with Gasteiger partial charge in [0.05, 0.1) is 11.9 Å². The highest BCUT2D eigenvalue weighted by Crippen LogP contribution is 2.19. The highest BCUT2D eigenvalue weighted by Gasteiger charge is 2.26. The van der Waals surface area contributed by atoms with E-state index in [2.05, 4.69) is 4.72 Å². The molecule has 1 aliphatic carbocycles. The number of anilines is 1. The van der Waals surface area contributed by atoms with E-state index in [9.17, 15) is 13.5 Å². The molecule has 2 rings (SSSR count). The molecule has 20 heavy (non-hydrogen) atoms. The minimum absolute atomic E-state index is 0.110. The number of hydrogen-bond donors (Lipinski definition) is 3. The maximum Gasteiger partial charge on any atom is 0.216 e. The third-order valence-electron chi connectivity index (χ3n) is 3.62. The van der Waals surface area contributed by atoms with Crippen LogP contribution >= 0.6 is 0 Å². The molecule has 1 aromatic rings. The maximum atomic E-state index is 12.2. The Morgan fingerprint density at radius 2 is 2.00 bits per heavy atom. The molecule has 1 aromatic carbocycles. The monoisotopic (exact) mass is 298 g/mol. The topological polar surface area (TPSA) is 92.4 Å². The Balaban J connectivity index is 2.03. The maximum absolute atomic E-state index is 12.2. The number of sulfonamides is 1. The Kier molecular flexibility index (Phi) is 5.01. The first-order valence-electron chi connectivity index (χ1n) is 6.99. The van der Waals surface area contributed by atoms with Gasteiger partial charge in [0.25, 0.3) is 0 Å². The van der Waals surface area contributed by atoms with Crippen LogP contribution in [0.25, 0.3) is 0 Å². The van der Waals surface area contributed by atoms with Gasteiger partial charge >= 0.3 is 0 Å². The van der Waals surface area contributed by atoms with Crippen LogP contribution in [0.4, 0.5) is 5.69 Å². The second-order valence-electron chi connectivity index (χ2n) is 5.43. The second-order valence-corrected chi connectivity index (χ2v) is 7.19. The number of benzene rings is 1. The molecule has 6 heteroatoms. The normalized spacial score (nSPS) is 24.2. The van der Waals surface area contributed by atoms with Gasteiger partial charge < -0.3 is 10.8 Å². The molecule has 0 amide bonds. The first-order chi connectivity index (χ1) is 9.46. The van der Waals surface area contributed by atoms with Gasteiger partial charge in [0.1, 0.15) is 0 Å². The Morgan fingerprint density at radius 1 is 1.25 bits per heavy atom. The van der Waals surface area contributed by atoms with Crippen LogP contribution < -0.4 is 10.5 Å². The fourth-order valence-electron chi connectivity index (χ4n) is 2.60. The quantitative estimate of drug-likeness (QED) is 0.578. The van der Waals surface area contributed by atoms with E-state index in [1.54, 1.807) is 24.3 Å². The average Bonchev–Trinajstić information content (AvgIpc) is 2.54. The molecule has 1 aliphatic rings. The molecule has 2 unspecified atom stereocenters. The van der Waals surface area contributed by atoms with E-state index in [4.69, 9.17) is 5.73 Å². The lowest BCUT2D eigenvalue weighted by Crippen LogP contribution is -2.43. The third-order valence-corrected chi connectivity index (χ3v) is 4.99. The van der Waals surface area contributed by atoms with Crippen LogP contribution in [-0.2, 0) is 15.8 Å². The molecule has 1 fully saturated rings. The van der Waals surface area contributed by atoms with E-state index in [0.717, 1.165) is 19.3 Å². The van der Waals surface area contributed by atoms with Gasteiger partial charge in [-0.2, -0.15) is 0 Å². The number of nitrogen functional groups attached to an aromatic ring is 1. The van der Waals surface area contributed by atoms with E-state index in [0.29, 0.717) is 24.1 Å². The smallest absolute Gasteiger partial charge is 0.216 e. The lowest BCUT2D eigenvalue weighted by atomic mass is 10.1. The van der Waals surface area contributed by atoms with Crippen molar-refractivity contribution in [2.45, 2.75) is 50.0 Å². The number of rotatable bonds is 4. The Hall–Kier alpha value is -1.11. The predicted molar refractivity (Wildman–Crippen MR) is 79.5 cm³/mol. The Bertz CT molecular complexity index is 545. The number of aliphatic hydroxyl groups is 1. The standard InChI is InChI=1S/C14H22N2O3S/c15-12-6-4-5-11(9-12)10-20(18,19)16-13-7-2-1-3-8-14(13)17/h4-6,9,13-14,16-17H,1-3,7-8,10,15H2. The fourth-order valence-corrected chi connectivity index (χ4v) is 4.04. The molecule has 4 N–H and O–H groups in total. The zero-order valence-electron chi connectivity index (χ0n) is 11.5. The third kappa shape index (κ3) is 4.47. The first-order valence-corrected chi connectivity index (χ1v) is 8.64. The van der Waals surface area contributed by atoms with Crippen molar-refractivity contribution >= 4 is 15.7 Å². The van der Waals surface area contributed by atoms with E-state index in [-0.39, 0.29) is 11.8 Å². The number of nitrogens with two attached hydrogens (primary N) is 1. The summed E-state index contributed by atoms with van der Waals surface area (Å²) in [5.74, 6) is -0.110. The summed E-state index contributed by atoms with van der Waals surface area (Å²) < 4.78 is 27.0. The highest BCUT2D eigenvalue weighted by atomic mass is 32.2. The van der Waals surface area contributed by atoms with Gasteiger partial charge in [-0.05, 0) is 30.5 Å². The molecular formula is C14H22N2O3S. The summed E-state index contributed by atoms with van der Waals surface area (Å²) in [4.78, 5) is 0. The van der Waals surface area contributed by atoms with Crippen LogP contribution in [0.5, 0.6) is 0 Å². The van der Waals surface area contributed by atoms with Gasteiger partial charge in [-0.1, -0.05) is 31.4 Å². The summed E-state index contributed by atoms with van der Waals surface area (Å²) in [6, 6.07) is 6.48. The molecule has 0 radical (unpaired) electrons. The lowest BCUT2D eigenvalue weighted by Gasteiger charge is -2.21. The average molecular weight is 298 g/mol. The van der Waals surface area contributed by atoms with E-state index >= 15 is 0 Å². The summed E-state index contributed by atoms with van der Waals surface area (Å²) in [7, 11) is -3.47. The van der Waals surface area contributed by atoms with Gasteiger partial charge in [-0.15, -0.1) is 0 Å². The zero-order valence-corrected chi connectivity index (χ0v) is 12.3. The molecule has 1 saturated carbocycles. The Morgan fingerprint density at radius 3 is 2.75 bits per heavy atom. The number of nitrogens with one attached hydrogen (secondary N) is 1. The van der Waals surface area contributed by atoms with Crippen molar-refractivity contribution in [3.05, 3.63) is 29.8 Å². The van der Waals surface area contributed by atoms with Crippen molar-refractivity contribution in [2.75, 3.05) is 5.73 Å². The molecular weight excluding hydrogens is 276 g/mol. The van der Waals surface area contributed by atoms with Crippen molar-refractivity contribution < 1.29 is 13.5 Å². The van der Waals surface area contributed by atoms with E-state index in [1.807, 2.05) is 0 Å². The molecule has 0 heterocycles. The molecule has 2 atom stereocenters. The van der Waals surface area contributed by atoms with Crippen LogP contribution in [0.15, 0.2) is 24.3 Å². The van der Waals surface area contributed by atoms with Gasteiger partial charge in [-0.3, -0.25) is 0 Å². The fraction of sp³-hybridized carbons (Fsp3) is 0.571. The summed E-state index contributed by atoms with van der Waals surface area (Å²) in [6.45, 7) is 0. The minimum Gasteiger partial charge on any atom is -0.399 e. The van der Waals surface area contributed by atoms with Crippen molar-refractivity contribution in [1.82, 2.24) is 4.72 Å². The number of hydrogen-bond acceptors (Lipinski definition) is 4.